The fourth-order valence-corrected chi connectivity index (χ4v) is 1.39. The van der Waals surface area contributed by atoms with E-state index in [0.717, 1.165) is 6.54 Å². The lowest BCUT2D eigenvalue weighted by Crippen LogP contribution is -2.41. The molecule has 0 spiro atoms. The van der Waals surface area contributed by atoms with Crippen molar-refractivity contribution in [3.63, 3.8) is 0 Å². The molecule has 0 radical (unpaired) electrons. The number of amides is 1. The summed E-state index contributed by atoms with van der Waals surface area (Å²) in [7, 11) is 0. The summed E-state index contributed by atoms with van der Waals surface area (Å²) in [6.07, 6.45) is -0.371. The number of hydrogen-bond acceptors (Lipinski definition) is 3. The summed E-state index contributed by atoms with van der Waals surface area (Å²) in [5, 5.41) is 5.95. The quantitative estimate of drug-likeness (QED) is 0.788. The van der Waals surface area contributed by atoms with Crippen LogP contribution in [-0.4, -0.2) is 24.8 Å². The van der Waals surface area contributed by atoms with Crippen molar-refractivity contribution >= 4 is 6.09 Å². The van der Waals surface area contributed by atoms with Crippen LogP contribution in [0.15, 0.2) is 30.3 Å². The van der Waals surface area contributed by atoms with Gasteiger partial charge >= 0.3 is 6.09 Å². The molecule has 2 N–H and O–H groups in total. The van der Waals surface area contributed by atoms with Crippen molar-refractivity contribution in [1.82, 2.24) is 10.6 Å². The Balaban J connectivity index is 2.07. The Morgan fingerprint density at radius 2 is 1.89 bits per heavy atom. The Hall–Kier alpha value is -1.55. The van der Waals surface area contributed by atoms with Crippen LogP contribution in [0.4, 0.5) is 4.79 Å². The van der Waals surface area contributed by atoms with E-state index >= 15 is 0 Å². The fourth-order valence-electron chi connectivity index (χ4n) is 1.39. The Kier molecular flexibility index (Phi) is 5.65. The van der Waals surface area contributed by atoms with Gasteiger partial charge < -0.3 is 15.4 Å². The third kappa shape index (κ3) is 6.91. The highest BCUT2D eigenvalue weighted by atomic mass is 16.5. The predicted molar refractivity (Wildman–Crippen MR) is 72.4 cm³/mol. The van der Waals surface area contributed by atoms with Crippen molar-refractivity contribution in [3.8, 4) is 0 Å². The molecular weight excluding hydrogens is 228 g/mol. The Morgan fingerprint density at radius 1 is 1.22 bits per heavy atom. The molecule has 0 saturated carbocycles. The molecule has 1 aromatic carbocycles. The van der Waals surface area contributed by atoms with Crippen molar-refractivity contribution in [3.05, 3.63) is 35.9 Å². The van der Waals surface area contributed by atoms with Crippen LogP contribution in [0, 0.1) is 0 Å². The SMILES string of the molecule is CC(C)(C)NC(=O)OCCNCc1ccccc1. The fraction of sp³-hybridized carbons (Fsp3) is 0.500. The van der Waals surface area contributed by atoms with E-state index in [9.17, 15) is 4.79 Å². The first-order valence-corrected chi connectivity index (χ1v) is 6.17. The molecule has 1 rings (SSSR count). The highest BCUT2D eigenvalue weighted by molar-refractivity contribution is 5.68. The van der Waals surface area contributed by atoms with Crippen LogP contribution in [-0.2, 0) is 11.3 Å². The van der Waals surface area contributed by atoms with Gasteiger partial charge in [-0.1, -0.05) is 30.3 Å². The highest BCUT2D eigenvalue weighted by Crippen LogP contribution is 1.99. The zero-order chi connectivity index (χ0) is 13.4. The second-order valence-electron chi connectivity index (χ2n) is 5.17. The second-order valence-corrected chi connectivity index (χ2v) is 5.17. The molecule has 0 aliphatic heterocycles. The molecule has 0 atom stereocenters. The maximum absolute atomic E-state index is 11.3. The Morgan fingerprint density at radius 3 is 2.50 bits per heavy atom. The smallest absolute Gasteiger partial charge is 0.407 e. The maximum Gasteiger partial charge on any atom is 0.407 e. The number of rotatable bonds is 5. The van der Waals surface area contributed by atoms with Crippen molar-refractivity contribution in [1.29, 1.82) is 0 Å². The minimum absolute atomic E-state index is 0.255. The lowest BCUT2D eigenvalue weighted by atomic mass is 10.1. The summed E-state index contributed by atoms with van der Waals surface area (Å²) in [5.74, 6) is 0. The zero-order valence-electron chi connectivity index (χ0n) is 11.3. The molecule has 0 fully saturated rings. The van der Waals surface area contributed by atoms with Gasteiger partial charge in [-0.25, -0.2) is 4.79 Å². The van der Waals surface area contributed by atoms with E-state index < -0.39 is 0 Å². The number of benzene rings is 1. The standard InChI is InChI=1S/C14H22N2O2/c1-14(2,3)16-13(17)18-10-9-15-11-12-7-5-4-6-8-12/h4-8,15H,9-11H2,1-3H3,(H,16,17). The van der Waals surface area contributed by atoms with Crippen LogP contribution >= 0.6 is 0 Å². The molecule has 0 aliphatic carbocycles. The number of hydrogen-bond donors (Lipinski definition) is 2. The van der Waals surface area contributed by atoms with Gasteiger partial charge in [-0.2, -0.15) is 0 Å². The van der Waals surface area contributed by atoms with Crippen LogP contribution in [0.1, 0.15) is 26.3 Å². The number of ether oxygens (including phenoxy) is 1. The van der Waals surface area contributed by atoms with E-state index in [2.05, 4.69) is 22.8 Å². The summed E-state index contributed by atoms with van der Waals surface area (Å²) >= 11 is 0. The third-order valence-electron chi connectivity index (χ3n) is 2.16. The Bertz CT molecular complexity index is 358. The number of nitrogens with one attached hydrogen (secondary N) is 2. The number of carbonyl (C=O) groups is 1. The zero-order valence-corrected chi connectivity index (χ0v) is 11.3. The van der Waals surface area contributed by atoms with E-state index in [-0.39, 0.29) is 11.6 Å². The number of carbonyl (C=O) groups excluding carboxylic acids is 1. The van der Waals surface area contributed by atoms with Gasteiger partial charge in [-0.3, -0.25) is 0 Å². The van der Waals surface area contributed by atoms with E-state index in [4.69, 9.17) is 4.74 Å². The molecule has 4 nitrogen and oxygen atoms in total. The molecule has 0 aliphatic rings. The summed E-state index contributed by atoms with van der Waals surface area (Å²) in [6.45, 7) is 7.55. The van der Waals surface area contributed by atoms with Crippen molar-refractivity contribution in [2.45, 2.75) is 32.9 Å². The summed E-state index contributed by atoms with van der Waals surface area (Å²) in [5.41, 5.74) is 0.964. The van der Waals surface area contributed by atoms with E-state index in [1.165, 1.54) is 5.56 Å². The van der Waals surface area contributed by atoms with Crippen LogP contribution < -0.4 is 10.6 Å². The van der Waals surface area contributed by atoms with Crippen molar-refractivity contribution < 1.29 is 9.53 Å². The summed E-state index contributed by atoms with van der Waals surface area (Å²) in [6, 6.07) is 10.1. The molecule has 0 saturated heterocycles. The molecule has 0 aromatic heterocycles. The van der Waals surface area contributed by atoms with Crippen molar-refractivity contribution in [2.24, 2.45) is 0 Å². The highest BCUT2D eigenvalue weighted by Gasteiger charge is 2.13. The molecule has 1 amide bonds. The molecule has 1 aromatic rings. The largest absolute Gasteiger partial charge is 0.448 e. The average molecular weight is 250 g/mol. The van der Waals surface area contributed by atoms with Crippen LogP contribution in [0.5, 0.6) is 0 Å². The topological polar surface area (TPSA) is 50.4 Å². The molecule has 18 heavy (non-hydrogen) atoms. The lowest BCUT2D eigenvalue weighted by Gasteiger charge is -2.19. The van der Waals surface area contributed by atoms with Gasteiger partial charge in [0.1, 0.15) is 6.61 Å². The first kappa shape index (κ1) is 14.5. The minimum Gasteiger partial charge on any atom is -0.448 e. The van der Waals surface area contributed by atoms with Crippen LogP contribution in [0.25, 0.3) is 0 Å². The second kappa shape index (κ2) is 7.01. The first-order valence-electron chi connectivity index (χ1n) is 6.17. The van der Waals surface area contributed by atoms with Gasteiger partial charge in [-0.15, -0.1) is 0 Å². The molecule has 0 heterocycles. The average Bonchev–Trinajstić information content (AvgIpc) is 2.27. The lowest BCUT2D eigenvalue weighted by molar-refractivity contribution is 0.138. The summed E-state index contributed by atoms with van der Waals surface area (Å²) in [4.78, 5) is 11.3. The van der Waals surface area contributed by atoms with Gasteiger partial charge in [0.15, 0.2) is 0 Å². The molecule has 100 valence electrons. The Labute approximate surface area is 109 Å². The van der Waals surface area contributed by atoms with E-state index in [1.54, 1.807) is 0 Å². The van der Waals surface area contributed by atoms with E-state index in [0.29, 0.717) is 13.2 Å². The maximum atomic E-state index is 11.3. The first-order chi connectivity index (χ1) is 8.47. The van der Waals surface area contributed by atoms with Crippen LogP contribution in [0.3, 0.4) is 0 Å². The monoisotopic (exact) mass is 250 g/mol. The molecule has 0 unspecified atom stereocenters. The van der Waals surface area contributed by atoms with Crippen molar-refractivity contribution in [2.75, 3.05) is 13.2 Å². The predicted octanol–water partition coefficient (Wildman–Crippen LogP) is 2.30. The third-order valence-corrected chi connectivity index (χ3v) is 2.16. The van der Waals surface area contributed by atoms with Crippen LogP contribution in [0.2, 0.25) is 0 Å². The van der Waals surface area contributed by atoms with Gasteiger partial charge in [0.05, 0.1) is 0 Å². The summed E-state index contributed by atoms with van der Waals surface area (Å²) < 4.78 is 5.04. The minimum atomic E-state index is -0.371. The normalized spacial score (nSPS) is 11.1. The molecular formula is C14H22N2O2. The van der Waals surface area contributed by atoms with Gasteiger partial charge in [0.25, 0.3) is 0 Å². The number of alkyl carbamates (subject to hydrolysis) is 1. The van der Waals surface area contributed by atoms with Gasteiger partial charge in [0, 0.05) is 18.6 Å². The molecule has 4 heteroatoms. The molecule has 0 bridgehead atoms. The van der Waals surface area contributed by atoms with Gasteiger partial charge in [0.2, 0.25) is 0 Å². The van der Waals surface area contributed by atoms with E-state index in [1.807, 2.05) is 39.0 Å². The van der Waals surface area contributed by atoms with Gasteiger partial charge in [-0.05, 0) is 26.3 Å².